The van der Waals surface area contributed by atoms with Crippen LogP contribution >= 0.6 is 0 Å². The Bertz CT molecular complexity index is 316. The summed E-state index contributed by atoms with van der Waals surface area (Å²) in [6.45, 7) is 10.3. The van der Waals surface area contributed by atoms with E-state index in [0.29, 0.717) is 11.9 Å². The average Bonchev–Trinajstić information content (AvgIpc) is 2.11. The number of amidine groups is 1. The number of nitrogens with zero attached hydrogens (tertiary/aromatic N) is 1. The Balaban J connectivity index is 3.14. The van der Waals surface area contributed by atoms with Crippen LogP contribution in [-0.2, 0) is 0 Å². The van der Waals surface area contributed by atoms with Crippen LogP contribution < -0.4 is 0 Å². The van der Waals surface area contributed by atoms with Crippen molar-refractivity contribution in [2.75, 3.05) is 0 Å². The Morgan fingerprint density at radius 1 is 1.50 bits per heavy atom. The van der Waals surface area contributed by atoms with Crippen LogP contribution in [0.5, 0.6) is 0 Å². The van der Waals surface area contributed by atoms with Gasteiger partial charge >= 0.3 is 0 Å². The number of hydrogen-bond acceptors (Lipinski definition) is 1. The molecule has 0 saturated carbocycles. The SMILES string of the molecule is [B]C1(C)CCCC(N(C(C)=N)C(C)C)=C1C. The van der Waals surface area contributed by atoms with E-state index in [2.05, 4.69) is 32.6 Å². The molecule has 2 radical (unpaired) electrons. The zero-order valence-electron chi connectivity index (χ0n) is 11.2. The molecule has 1 atom stereocenters. The molecule has 1 N–H and O–H groups in total. The van der Waals surface area contributed by atoms with E-state index in [0.717, 1.165) is 19.3 Å². The van der Waals surface area contributed by atoms with E-state index in [4.69, 9.17) is 13.3 Å². The van der Waals surface area contributed by atoms with Crippen LogP contribution in [0.2, 0.25) is 5.31 Å². The van der Waals surface area contributed by atoms with Crippen LogP contribution in [-0.4, -0.2) is 24.6 Å². The van der Waals surface area contributed by atoms with Gasteiger partial charge in [-0.05, 0) is 45.9 Å². The molecule has 0 saturated heterocycles. The molecule has 3 heteroatoms. The van der Waals surface area contributed by atoms with Gasteiger partial charge in [0, 0.05) is 11.7 Å². The number of hydrogen-bond donors (Lipinski definition) is 1. The highest BCUT2D eigenvalue weighted by Crippen LogP contribution is 2.44. The first kappa shape index (κ1) is 13.3. The second-order valence-electron chi connectivity index (χ2n) is 5.39. The minimum Gasteiger partial charge on any atom is -0.332 e. The fraction of sp³-hybridized carbons (Fsp3) is 0.769. The maximum absolute atomic E-state index is 7.89. The van der Waals surface area contributed by atoms with Crippen molar-refractivity contribution < 1.29 is 0 Å². The highest BCUT2D eigenvalue weighted by Gasteiger charge is 2.30. The first-order chi connectivity index (χ1) is 7.27. The zero-order valence-corrected chi connectivity index (χ0v) is 11.2. The van der Waals surface area contributed by atoms with E-state index in [1.165, 1.54) is 11.3 Å². The van der Waals surface area contributed by atoms with Gasteiger partial charge in [-0.1, -0.05) is 18.9 Å². The third kappa shape index (κ3) is 2.50. The summed E-state index contributed by atoms with van der Waals surface area (Å²) in [5.41, 5.74) is 2.51. The fourth-order valence-electron chi connectivity index (χ4n) is 2.53. The van der Waals surface area contributed by atoms with E-state index in [1.807, 2.05) is 6.92 Å². The smallest absolute Gasteiger partial charge is 0.0970 e. The summed E-state index contributed by atoms with van der Waals surface area (Å²) in [5, 5.41) is 7.69. The van der Waals surface area contributed by atoms with Crippen molar-refractivity contribution >= 4 is 13.7 Å². The van der Waals surface area contributed by atoms with Gasteiger partial charge in [-0.2, -0.15) is 0 Å². The molecule has 0 aromatic carbocycles. The normalized spacial score (nSPS) is 26.1. The highest BCUT2D eigenvalue weighted by atomic mass is 15.2. The second-order valence-corrected chi connectivity index (χ2v) is 5.39. The second kappa shape index (κ2) is 4.64. The van der Waals surface area contributed by atoms with Crippen LogP contribution in [0.3, 0.4) is 0 Å². The summed E-state index contributed by atoms with van der Waals surface area (Å²) < 4.78 is 0. The molecule has 16 heavy (non-hydrogen) atoms. The molecule has 1 unspecified atom stereocenters. The Hall–Kier alpha value is -0.725. The molecule has 1 aliphatic carbocycles. The molecule has 1 rings (SSSR count). The maximum Gasteiger partial charge on any atom is 0.0970 e. The third-order valence-electron chi connectivity index (χ3n) is 3.57. The summed E-state index contributed by atoms with van der Waals surface area (Å²) in [5.74, 6) is 0.613. The minimum absolute atomic E-state index is 0.198. The summed E-state index contributed by atoms with van der Waals surface area (Å²) in [7, 11) is 6.29. The van der Waals surface area contributed by atoms with Gasteiger partial charge in [-0.25, -0.2) is 0 Å². The van der Waals surface area contributed by atoms with Crippen molar-refractivity contribution in [2.45, 2.75) is 65.2 Å². The lowest BCUT2D eigenvalue weighted by molar-refractivity contribution is 0.372. The molecule has 88 valence electrons. The maximum atomic E-state index is 7.89. The van der Waals surface area contributed by atoms with Crippen molar-refractivity contribution in [3.63, 3.8) is 0 Å². The van der Waals surface area contributed by atoms with Crippen molar-refractivity contribution in [3.05, 3.63) is 11.3 Å². The number of nitrogens with one attached hydrogen (secondary N) is 1. The Morgan fingerprint density at radius 2 is 2.06 bits per heavy atom. The third-order valence-corrected chi connectivity index (χ3v) is 3.57. The summed E-state index contributed by atoms with van der Waals surface area (Å²) in [6.07, 6.45) is 3.22. The molecule has 1 aliphatic rings. The fourth-order valence-corrected chi connectivity index (χ4v) is 2.53. The summed E-state index contributed by atoms with van der Waals surface area (Å²) in [6, 6.07) is 0.330. The Morgan fingerprint density at radius 3 is 2.50 bits per heavy atom. The van der Waals surface area contributed by atoms with E-state index in [-0.39, 0.29) is 5.31 Å². The molecule has 0 aromatic heterocycles. The van der Waals surface area contributed by atoms with Crippen molar-refractivity contribution in [1.82, 2.24) is 4.90 Å². The Labute approximate surface area is 101 Å². The van der Waals surface area contributed by atoms with Crippen molar-refractivity contribution in [2.24, 2.45) is 0 Å². The summed E-state index contributed by atoms with van der Waals surface area (Å²) >= 11 is 0. The van der Waals surface area contributed by atoms with Gasteiger partial charge < -0.3 is 4.90 Å². The van der Waals surface area contributed by atoms with Gasteiger partial charge in [-0.15, -0.1) is 0 Å². The van der Waals surface area contributed by atoms with Gasteiger partial charge in [0.05, 0.1) is 13.7 Å². The molecule has 0 bridgehead atoms. The largest absolute Gasteiger partial charge is 0.332 e. The first-order valence-corrected chi connectivity index (χ1v) is 6.11. The molecule has 0 amide bonds. The highest BCUT2D eigenvalue weighted by molar-refractivity contribution is 6.17. The lowest BCUT2D eigenvalue weighted by Crippen LogP contribution is -2.37. The van der Waals surface area contributed by atoms with Gasteiger partial charge in [0.15, 0.2) is 0 Å². The lowest BCUT2D eigenvalue weighted by Gasteiger charge is -2.40. The predicted molar refractivity (Wildman–Crippen MR) is 71.0 cm³/mol. The number of allylic oxidation sites excluding steroid dienone is 2. The van der Waals surface area contributed by atoms with Crippen LogP contribution in [0.1, 0.15) is 53.9 Å². The molecule has 0 aliphatic heterocycles. The number of rotatable bonds is 2. The molecule has 2 nitrogen and oxygen atoms in total. The Kier molecular flexibility index (Phi) is 3.87. The van der Waals surface area contributed by atoms with Crippen LogP contribution in [0.25, 0.3) is 0 Å². The van der Waals surface area contributed by atoms with Crippen LogP contribution in [0.15, 0.2) is 11.3 Å². The van der Waals surface area contributed by atoms with E-state index in [9.17, 15) is 0 Å². The zero-order chi connectivity index (χ0) is 12.5. The lowest BCUT2D eigenvalue weighted by atomic mass is 9.60. The van der Waals surface area contributed by atoms with E-state index in [1.54, 1.807) is 0 Å². The molecular weight excluding hydrogens is 195 g/mol. The standard InChI is InChI=1S/C13H23BN2/c1-9(2)16(11(4)15)12-7-6-8-13(5,14)10(12)3/h9,15H,6-8H2,1-5H3. The average molecular weight is 218 g/mol. The van der Waals surface area contributed by atoms with Crippen LogP contribution in [0.4, 0.5) is 0 Å². The van der Waals surface area contributed by atoms with Crippen molar-refractivity contribution in [1.29, 1.82) is 5.41 Å². The quantitative estimate of drug-likeness (QED) is 0.428. The van der Waals surface area contributed by atoms with Gasteiger partial charge in [0.1, 0.15) is 0 Å². The van der Waals surface area contributed by atoms with E-state index >= 15 is 0 Å². The monoisotopic (exact) mass is 218 g/mol. The van der Waals surface area contributed by atoms with Gasteiger partial charge in [0.25, 0.3) is 0 Å². The van der Waals surface area contributed by atoms with Gasteiger partial charge in [0.2, 0.25) is 0 Å². The van der Waals surface area contributed by atoms with Gasteiger partial charge in [-0.3, -0.25) is 5.41 Å². The molecule has 0 aromatic rings. The van der Waals surface area contributed by atoms with E-state index < -0.39 is 0 Å². The molecule has 0 fully saturated rings. The topological polar surface area (TPSA) is 27.1 Å². The predicted octanol–water partition coefficient (Wildman–Crippen LogP) is 3.50. The molecule has 0 spiro atoms. The molecular formula is C13H23BN2. The minimum atomic E-state index is -0.198. The summed E-state index contributed by atoms with van der Waals surface area (Å²) in [4.78, 5) is 2.11. The molecule has 0 heterocycles. The van der Waals surface area contributed by atoms with Crippen LogP contribution in [0, 0.1) is 5.41 Å². The van der Waals surface area contributed by atoms with Crippen molar-refractivity contribution in [3.8, 4) is 0 Å². The first-order valence-electron chi connectivity index (χ1n) is 6.11.